The van der Waals surface area contributed by atoms with E-state index in [0.29, 0.717) is 17.6 Å². The van der Waals surface area contributed by atoms with Crippen molar-refractivity contribution in [2.24, 2.45) is 11.8 Å². The average Bonchev–Trinajstić information content (AvgIpc) is 2.66. The number of hydrogen-bond acceptors (Lipinski definition) is 6. The van der Waals surface area contributed by atoms with Crippen molar-refractivity contribution in [2.75, 3.05) is 36.2 Å². The summed E-state index contributed by atoms with van der Waals surface area (Å²) in [4.78, 5) is 23.3. The van der Waals surface area contributed by atoms with E-state index in [4.69, 9.17) is 4.74 Å². The molecule has 3 rings (SSSR count). The van der Waals surface area contributed by atoms with Crippen LogP contribution in [0.4, 0.5) is 11.5 Å². The molecule has 1 aromatic carbocycles. The van der Waals surface area contributed by atoms with Gasteiger partial charge in [0.25, 0.3) is 0 Å². The highest BCUT2D eigenvalue weighted by Gasteiger charge is 2.23. The largest absolute Gasteiger partial charge is 0.497 e. The first-order valence-corrected chi connectivity index (χ1v) is 10.2. The molecule has 0 saturated carbocycles. The van der Waals surface area contributed by atoms with Gasteiger partial charge in [0, 0.05) is 24.8 Å². The number of thioether (sulfide) groups is 1. The van der Waals surface area contributed by atoms with E-state index in [9.17, 15) is 4.79 Å². The third-order valence-electron chi connectivity index (χ3n) is 4.55. The van der Waals surface area contributed by atoms with Gasteiger partial charge in [-0.2, -0.15) is 0 Å². The van der Waals surface area contributed by atoms with Crippen LogP contribution in [-0.4, -0.2) is 41.8 Å². The Balaban J connectivity index is 1.55. The second kappa shape index (κ2) is 9.08. The molecule has 2 atom stereocenters. The van der Waals surface area contributed by atoms with Crippen molar-refractivity contribution in [1.29, 1.82) is 0 Å². The summed E-state index contributed by atoms with van der Waals surface area (Å²) in [7, 11) is 1.62. The van der Waals surface area contributed by atoms with Gasteiger partial charge in [-0.25, -0.2) is 9.97 Å². The Labute approximate surface area is 164 Å². The van der Waals surface area contributed by atoms with Gasteiger partial charge in [-0.3, -0.25) is 4.79 Å². The molecule has 6 nitrogen and oxygen atoms in total. The van der Waals surface area contributed by atoms with Crippen LogP contribution < -0.4 is 15.0 Å². The lowest BCUT2D eigenvalue weighted by atomic mass is 9.92. The number of ether oxygens (including phenoxy) is 1. The number of rotatable bonds is 6. The fourth-order valence-electron chi connectivity index (χ4n) is 3.44. The smallest absolute Gasteiger partial charge is 0.234 e. The first-order chi connectivity index (χ1) is 13.0. The highest BCUT2D eigenvalue weighted by molar-refractivity contribution is 7.99. The summed E-state index contributed by atoms with van der Waals surface area (Å²) in [5.74, 6) is 3.27. The summed E-state index contributed by atoms with van der Waals surface area (Å²) in [6.45, 7) is 6.60. The van der Waals surface area contributed by atoms with Crippen LogP contribution in [0.5, 0.6) is 5.75 Å². The Morgan fingerprint density at radius 1 is 1.22 bits per heavy atom. The van der Waals surface area contributed by atoms with E-state index < -0.39 is 0 Å². The van der Waals surface area contributed by atoms with Crippen LogP contribution in [0.15, 0.2) is 41.7 Å². The van der Waals surface area contributed by atoms with Gasteiger partial charge in [0.1, 0.15) is 22.9 Å². The Morgan fingerprint density at radius 3 is 2.59 bits per heavy atom. The normalized spacial score (nSPS) is 19.6. The van der Waals surface area contributed by atoms with E-state index in [-0.39, 0.29) is 5.91 Å². The van der Waals surface area contributed by atoms with Crippen molar-refractivity contribution >= 4 is 29.2 Å². The molecule has 0 aliphatic carbocycles. The highest BCUT2D eigenvalue weighted by atomic mass is 32.2. The van der Waals surface area contributed by atoms with E-state index in [0.717, 1.165) is 35.4 Å². The molecule has 0 radical (unpaired) electrons. The van der Waals surface area contributed by atoms with Gasteiger partial charge in [-0.15, -0.1) is 0 Å². The lowest BCUT2D eigenvalue weighted by Crippen LogP contribution is -2.39. The van der Waals surface area contributed by atoms with Gasteiger partial charge < -0.3 is 15.0 Å². The second-order valence-corrected chi connectivity index (χ2v) is 8.13. The average molecular weight is 387 g/mol. The molecule has 7 heteroatoms. The van der Waals surface area contributed by atoms with Crippen LogP contribution in [0.25, 0.3) is 0 Å². The number of amides is 1. The molecule has 27 heavy (non-hydrogen) atoms. The van der Waals surface area contributed by atoms with Crippen LogP contribution in [0, 0.1) is 11.8 Å². The van der Waals surface area contributed by atoms with Gasteiger partial charge in [0.2, 0.25) is 5.91 Å². The maximum Gasteiger partial charge on any atom is 0.234 e. The summed E-state index contributed by atoms with van der Waals surface area (Å²) in [6.07, 6.45) is 2.84. The molecule has 1 amide bonds. The Bertz CT molecular complexity index is 759. The molecule has 0 bridgehead atoms. The minimum Gasteiger partial charge on any atom is -0.497 e. The van der Waals surface area contributed by atoms with E-state index in [2.05, 4.69) is 34.0 Å². The zero-order valence-electron chi connectivity index (χ0n) is 16.0. The number of piperidine rings is 1. The number of methoxy groups -OCH3 is 1. The Morgan fingerprint density at radius 2 is 1.93 bits per heavy atom. The number of nitrogens with one attached hydrogen (secondary N) is 1. The third kappa shape index (κ3) is 5.60. The predicted octanol–water partition coefficient (Wildman–Crippen LogP) is 3.70. The van der Waals surface area contributed by atoms with Crippen molar-refractivity contribution in [2.45, 2.75) is 25.3 Å². The molecule has 1 saturated heterocycles. The minimum atomic E-state index is -0.0643. The fourth-order valence-corrected chi connectivity index (χ4v) is 4.10. The van der Waals surface area contributed by atoms with Crippen LogP contribution in [0.2, 0.25) is 0 Å². The van der Waals surface area contributed by atoms with Crippen molar-refractivity contribution in [3.8, 4) is 5.75 Å². The molecule has 0 unspecified atom stereocenters. The van der Waals surface area contributed by atoms with Crippen LogP contribution in [-0.2, 0) is 4.79 Å². The Kier molecular flexibility index (Phi) is 6.55. The monoisotopic (exact) mass is 386 g/mol. The summed E-state index contributed by atoms with van der Waals surface area (Å²) >= 11 is 1.42. The number of carbonyl (C=O) groups is 1. The maximum atomic E-state index is 12.2. The topological polar surface area (TPSA) is 67.3 Å². The molecule has 1 aromatic heterocycles. The van der Waals surface area contributed by atoms with Crippen molar-refractivity contribution in [3.63, 3.8) is 0 Å². The molecule has 144 valence electrons. The maximum absolute atomic E-state index is 12.2. The van der Waals surface area contributed by atoms with Gasteiger partial charge in [-0.1, -0.05) is 25.6 Å². The predicted molar refractivity (Wildman–Crippen MR) is 110 cm³/mol. The number of aromatic nitrogens is 2. The van der Waals surface area contributed by atoms with E-state index >= 15 is 0 Å². The number of anilines is 2. The summed E-state index contributed by atoms with van der Waals surface area (Å²) in [5, 5.41) is 3.70. The van der Waals surface area contributed by atoms with E-state index in [1.807, 2.05) is 30.3 Å². The lowest BCUT2D eigenvalue weighted by molar-refractivity contribution is -0.113. The SMILES string of the molecule is COc1ccc(NC(=O)CSc2cc(N3C[C@@H](C)C[C@H](C)C3)ncn2)cc1. The van der Waals surface area contributed by atoms with Crippen molar-refractivity contribution in [3.05, 3.63) is 36.7 Å². The molecule has 2 heterocycles. The van der Waals surface area contributed by atoms with Crippen LogP contribution in [0.1, 0.15) is 20.3 Å². The Hall–Kier alpha value is -2.28. The first-order valence-electron chi connectivity index (χ1n) is 9.17. The van der Waals surface area contributed by atoms with Crippen molar-refractivity contribution < 1.29 is 9.53 Å². The van der Waals surface area contributed by atoms with E-state index in [1.54, 1.807) is 13.4 Å². The molecule has 1 fully saturated rings. The number of benzene rings is 1. The highest BCUT2D eigenvalue weighted by Crippen LogP contribution is 2.27. The van der Waals surface area contributed by atoms with Gasteiger partial charge >= 0.3 is 0 Å². The number of hydrogen-bond donors (Lipinski definition) is 1. The summed E-state index contributed by atoms with van der Waals surface area (Å²) in [6, 6.07) is 9.27. The van der Waals surface area contributed by atoms with Crippen molar-refractivity contribution in [1.82, 2.24) is 9.97 Å². The second-order valence-electron chi connectivity index (χ2n) is 7.13. The molecule has 2 aromatic rings. The van der Waals surface area contributed by atoms with Crippen LogP contribution >= 0.6 is 11.8 Å². The fraction of sp³-hybridized carbons (Fsp3) is 0.450. The van der Waals surface area contributed by atoms with E-state index in [1.165, 1.54) is 18.2 Å². The zero-order valence-corrected chi connectivity index (χ0v) is 16.8. The molecular formula is C20H26N4O2S. The zero-order chi connectivity index (χ0) is 19.2. The lowest BCUT2D eigenvalue weighted by Gasteiger charge is -2.35. The molecule has 0 spiro atoms. The molecular weight excluding hydrogens is 360 g/mol. The van der Waals surface area contributed by atoms with Crippen LogP contribution in [0.3, 0.4) is 0 Å². The molecule has 1 N–H and O–H groups in total. The molecule has 1 aliphatic rings. The quantitative estimate of drug-likeness (QED) is 0.603. The number of nitrogens with zero attached hydrogens (tertiary/aromatic N) is 3. The standard InChI is InChI=1S/C20H26N4O2S/c1-14-8-15(2)11-24(10-14)18-9-20(22-13-21-18)27-12-19(25)23-16-4-6-17(26-3)7-5-16/h4-7,9,13-15H,8,10-12H2,1-3H3,(H,23,25)/t14-,15-/m0/s1. The van der Waals surface area contributed by atoms with Gasteiger partial charge in [0.05, 0.1) is 12.9 Å². The molecule has 1 aliphatic heterocycles. The van der Waals surface area contributed by atoms with Gasteiger partial charge in [0.15, 0.2) is 0 Å². The summed E-state index contributed by atoms with van der Waals surface area (Å²) < 4.78 is 5.12. The first kappa shape index (κ1) is 19.5. The third-order valence-corrected chi connectivity index (χ3v) is 5.47. The number of carbonyl (C=O) groups excluding carboxylic acids is 1. The minimum absolute atomic E-state index is 0.0643. The summed E-state index contributed by atoms with van der Waals surface area (Å²) in [5.41, 5.74) is 0.751. The van der Waals surface area contributed by atoms with Gasteiger partial charge in [-0.05, 0) is 42.5 Å².